The van der Waals surface area contributed by atoms with Gasteiger partial charge in [-0.3, -0.25) is 0 Å². The van der Waals surface area contributed by atoms with Gasteiger partial charge < -0.3 is 19.3 Å². The smallest absolute Gasteiger partial charge is 0.410 e. The summed E-state index contributed by atoms with van der Waals surface area (Å²) in [5, 5.41) is 0. The van der Waals surface area contributed by atoms with Crippen molar-refractivity contribution in [2.45, 2.75) is 59.2 Å². The van der Waals surface area contributed by atoms with Gasteiger partial charge in [-0.15, -0.1) is 0 Å². The van der Waals surface area contributed by atoms with Gasteiger partial charge in [0.2, 0.25) is 0 Å². The Morgan fingerprint density at radius 3 is 2.10 bits per heavy atom. The van der Waals surface area contributed by atoms with Gasteiger partial charge in [-0.05, 0) is 34.6 Å². The maximum absolute atomic E-state index is 11.9. The molecule has 0 aromatic rings. The van der Waals surface area contributed by atoms with E-state index < -0.39 is 5.60 Å². The van der Waals surface area contributed by atoms with Crippen molar-refractivity contribution in [3.05, 3.63) is 0 Å². The predicted molar refractivity (Wildman–Crippen MR) is 80.2 cm³/mol. The van der Waals surface area contributed by atoms with Crippen molar-refractivity contribution in [2.24, 2.45) is 0 Å². The first-order valence-electron chi connectivity index (χ1n) is 7.70. The van der Waals surface area contributed by atoms with Crippen molar-refractivity contribution in [1.29, 1.82) is 0 Å². The number of carbonyl (C=O) groups excluding carboxylic acids is 2. The largest absolute Gasteiger partial charge is 0.446 e. The molecule has 122 valence electrons. The molecule has 1 rings (SSSR count). The molecule has 1 heterocycles. The van der Waals surface area contributed by atoms with E-state index in [1.807, 2.05) is 34.6 Å². The summed E-state index contributed by atoms with van der Waals surface area (Å²) in [7, 11) is 0. The number of rotatable bonds is 3. The molecule has 0 aromatic heterocycles. The fourth-order valence-electron chi connectivity index (χ4n) is 2.18. The molecule has 6 heteroatoms. The highest BCUT2D eigenvalue weighted by Gasteiger charge is 2.29. The molecule has 1 fully saturated rings. The van der Waals surface area contributed by atoms with E-state index in [-0.39, 0.29) is 18.3 Å². The molecule has 1 aliphatic rings. The summed E-state index contributed by atoms with van der Waals surface area (Å²) in [6, 6.07) is 0. The number of nitrogens with zero attached hydrogens (tertiary/aromatic N) is 2. The van der Waals surface area contributed by atoms with E-state index in [0.717, 1.165) is 0 Å². The maximum Gasteiger partial charge on any atom is 0.410 e. The lowest BCUT2D eigenvalue weighted by Gasteiger charge is -2.33. The first kappa shape index (κ1) is 17.6. The highest BCUT2D eigenvalue weighted by molar-refractivity contribution is 5.69. The van der Waals surface area contributed by atoms with Gasteiger partial charge in [-0.2, -0.15) is 0 Å². The van der Waals surface area contributed by atoms with Crippen LogP contribution in [0.25, 0.3) is 0 Å². The van der Waals surface area contributed by atoms with Gasteiger partial charge in [0.25, 0.3) is 0 Å². The molecule has 1 aliphatic heterocycles. The normalized spacial score (nSPS) is 16.5. The lowest BCUT2D eigenvalue weighted by Crippen LogP contribution is -2.44. The maximum atomic E-state index is 11.9. The SMILES string of the molecule is CCN(CC)C(=O)OC1CCN(C(=O)OC(C)(C)C)CC1. The first-order chi connectivity index (χ1) is 9.76. The van der Waals surface area contributed by atoms with E-state index in [1.165, 1.54) is 0 Å². The molecular weight excluding hydrogens is 272 g/mol. The summed E-state index contributed by atoms with van der Waals surface area (Å²) in [4.78, 5) is 27.1. The van der Waals surface area contributed by atoms with Crippen LogP contribution in [0.1, 0.15) is 47.5 Å². The lowest BCUT2D eigenvalue weighted by atomic mass is 10.1. The van der Waals surface area contributed by atoms with Crippen LogP contribution in [0.4, 0.5) is 9.59 Å². The second-order valence-corrected chi connectivity index (χ2v) is 6.22. The molecule has 0 radical (unpaired) electrons. The summed E-state index contributed by atoms with van der Waals surface area (Å²) in [6.07, 6.45) is 0.641. The van der Waals surface area contributed by atoms with Crippen molar-refractivity contribution < 1.29 is 19.1 Å². The molecule has 0 bridgehead atoms. The number of ether oxygens (including phenoxy) is 2. The van der Waals surface area contributed by atoms with Crippen molar-refractivity contribution in [2.75, 3.05) is 26.2 Å². The molecular formula is C15H28N2O4. The van der Waals surface area contributed by atoms with Crippen LogP contribution < -0.4 is 0 Å². The summed E-state index contributed by atoms with van der Waals surface area (Å²) in [6.45, 7) is 11.8. The molecule has 0 spiro atoms. The van der Waals surface area contributed by atoms with Gasteiger partial charge in [0, 0.05) is 39.0 Å². The van der Waals surface area contributed by atoms with Gasteiger partial charge in [0.05, 0.1) is 0 Å². The molecule has 21 heavy (non-hydrogen) atoms. The topological polar surface area (TPSA) is 59.1 Å². The molecule has 2 amide bonds. The van der Waals surface area contributed by atoms with Crippen LogP contribution in [0.15, 0.2) is 0 Å². The third kappa shape index (κ3) is 5.81. The van der Waals surface area contributed by atoms with E-state index in [2.05, 4.69) is 0 Å². The molecule has 6 nitrogen and oxygen atoms in total. The highest BCUT2D eigenvalue weighted by atomic mass is 16.6. The fourth-order valence-corrected chi connectivity index (χ4v) is 2.18. The minimum atomic E-state index is -0.483. The molecule has 1 saturated heterocycles. The van der Waals surface area contributed by atoms with Crippen molar-refractivity contribution >= 4 is 12.2 Å². The minimum absolute atomic E-state index is 0.114. The lowest BCUT2D eigenvalue weighted by molar-refractivity contribution is 0.00163. The Labute approximate surface area is 127 Å². The number of hydrogen-bond acceptors (Lipinski definition) is 4. The summed E-state index contributed by atoms with van der Waals surface area (Å²) >= 11 is 0. The van der Waals surface area contributed by atoms with Crippen molar-refractivity contribution in [1.82, 2.24) is 9.80 Å². The molecule has 0 saturated carbocycles. The zero-order chi connectivity index (χ0) is 16.0. The molecule has 0 atom stereocenters. The van der Waals surface area contributed by atoms with Gasteiger partial charge in [-0.25, -0.2) is 9.59 Å². The number of carbonyl (C=O) groups is 2. The first-order valence-corrected chi connectivity index (χ1v) is 7.70. The summed E-state index contributed by atoms with van der Waals surface area (Å²) < 4.78 is 10.8. The van der Waals surface area contributed by atoms with E-state index in [4.69, 9.17) is 9.47 Å². The zero-order valence-electron chi connectivity index (χ0n) is 13.8. The number of likely N-dealkylation sites (tertiary alicyclic amines) is 1. The third-order valence-corrected chi connectivity index (χ3v) is 3.38. The Hall–Kier alpha value is -1.46. The van der Waals surface area contributed by atoms with Crippen LogP contribution in [-0.4, -0.2) is 59.9 Å². The van der Waals surface area contributed by atoms with Crippen LogP contribution >= 0.6 is 0 Å². The second-order valence-electron chi connectivity index (χ2n) is 6.22. The van der Waals surface area contributed by atoms with Gasteiger partial charge in [0.15, 0.2) is 0 Å². The Balaban J connectivity index is 2.39. The van der Waals surface area contributed by atoms with Gasteiger partial charge in [0.1, 0.15) is 11.7 Å². The van der Waals surface area contributed by atoms with Crippen LogP contribution in [0.5, 0.6) is 0 Å². The molecule has 0 aliphatic carbocycles. The average molecular weight is 300 g/mol. The molecule has 0 N–H and O–H groups in total. The van der Waals surface area contributed by atoms with Crippen LogP contribution in [-0.2, 0) is 9.47 Å². The van der Waals surface area contributed by atoms with E-state index >= 15 is 0 Å². The van der Waals surface area contributed by atoms with Crippen molar-refractivity contribution in [3.8, 4) is 0 Å². The fraction of sp³-hybridized carbons (Fsp3) is 0.867. The second kappa shape index (κ2) is 7.52. The zero-order valence-corrected chi connectivity index (χ0v) is 13.8. The van der Waals surface area contributed by atoms with E-state index in [0.29, 0.717) is 39.0 Å². The van der Waals surface area contributed by atoms with Crippen molar-refractivity contribution in [3.63, 3.8) is 0 Å². The Morgan fingerprint density at radius 1 is 1.14 bits per heavy atom. The Bertz CT molecular complexity index is 353. The Morgan fingerprint density at radius 2 is 1.67 bits per heavy atom. The monoisotopic (exact) mass is 300 g/mol. The quantitative estimate of drug-likeness (QED) is 0.804. The number of amides is 2. The molecule has 0 aromatic carbocycles. The third-order valence-electron chi connectivity index (χ3n) is 3.38. The predicted octanol–water partition coefficient (Wildman–Crippen LogP) is 2.86. The van der Waals surface area contributed by atoms with E-state index in [9.17, 15) is 9.59 Å². The van der Waals surface area contributed by atoms with E-state index in [1.54, 1.807) is 9.80 Å². The van der Waals surface area contributed by atoms with Crippen LogP contribution in [0.3, 0.4) is 0 Å². The van der Waals surface area contributed by atoms with Gasteiger partial charge >= 0.3 is 12.2 Å². The average Bonchev–Trinajstić information content (AvgIpc) is 2.39. The van der Waals surface area contributed by atoms with Crippen LogP contribution in [0.2, 0.25) is 0 Å². The number of piperidine rings is 1. The summed E-state index contributed by atoms with van der Waals surface area (Å²) in [5.41, 5.74) is -0.483. The summed E-state index contributed by atoms with van der Waals surface area (Å²) in [5.74, 6) is 0. The highest BCUT2D eigenvalue weighted by Crippen LogP contribution is 2.18. The molecule has 0 unspecified atom stereocenters. The number of hydrogen-bond donors (Lipinski definition) is 0. The Kier molecular flexibility index (Phi) is 6.30. The standard InChI is InChI=1S/C15H28N2O4/c1-6-16(7-2)13(18)20-12-8-10-17(11-9-12)14(19)21-15(3,4)5/h12H,6-11H2,1-5H3. The van der Waals surface area contributed by atoms with Gasteiger partial charge in [-0.1, -0.05) is 0 Å². The van der Waals surface area contributed by atoms with Crippen LogP contribution in [0, 0.1) is 0 Å². The minimum Gasteiger partial charge on any atom is -0.446 e.